The largest absolute Gasteiger partial charge is 0.457 e. The van der Waals surface area contributed by atoms with Crippen LogP contribution in [-0.4, -0.2) is 49.7 Å². The summed E-state index contributed by atoms with van der Waals surface area (Å²) in [6, 6.07) is 17.3. The molecule has 0 aliphatic carbocycles. The molecule has 0 N–H and O–H groups in total. The number of sulfonamides is 1. The molecule has 4 rings (SSSR count). The number of carbonyl (C=O) groups excluding carboxylic acids is 1. The monoisotopic (exact) mass is 421 g/mol. The molecule has 0 unspecified atom stereocenters. The second-order valence-corrected chi connectivity index (χ2v) is 8.82. The van der Waals surface area contributed by atoms with E-state index in [1.165, 1.54) is 34.6 Å². The van der Waals surface area contributed by atoms with Gasteiger partial charge in [-0.15, -0.1) is 0 Å². The van der Waals surface area contributed by atoms with E-state index in [-0.39, 0.29) is 23.9 Å². The highest BCUT2D eigenvalue weighted by atomic mass is 32.2. The number of amides is 1. The molecule has 7 nitrogen and oxygen atoms in total. The molecule has 152 valence electrons. The standard InChI is InChI=1S/C22H19N3O4S/c23-16-17-5-8-20(9-6-17)30(27,28)25-13-11-24(12-14-25)22(26)10-7-19-15-18-3-1-2-4-21(18)29-19/h1-10,15H,11-14H2/b10-7+. The minimum absolute atomic E-state index is 0.144. The predicted octanol–water partition coefficient (Wildman–Crippen LogP) is 2.85. The molecule has 2 aromatic carbocycles. The minimum atomic E-state index is -3.65. The van der Waals surface area contributed by atoms with Crippen LogP contribution in [0.15, 0.2) is 70.0 Å². The Morgan fingerprint density at radius 2 is 1.73 bits per heavy atom. The summed E-state index contributed by atoms with van der Waals surface area (Å²) in [4.78, 5) is 14.2. The second-order valence-electron chi connectivity index (χ2n) is 6.89. The van der Waals surface area contributed by atoms with Gasteiger partial charge in [0.15, 0.2) is 0 Å². The first kappa shape index (κ1) is 19.9. The maximum Gasteiger partial charge on any atom is 0.246 e. The van der Waals surface area contributed by atoms with Crippen molar-refractivity contribution in [1.82, 2.24) is 9.21 Å². The normalized spacial score (nSPS) is 15.5. The van der Waals surface area contributed by atoms with E-state index >= 15 is 0 Å². The molecule has 0 spiro atoms. The van der Waals surface area contributed by atoms with Crippen LogP contribution in [0.4, 0.5) is 0 Å². The van der Waals surface area contributed by atoms with Crippen molar-refractivity contribution < 1.29 is 17.6 Å². The smallest absolute Gasteiger partial charge is 0.246 e. The molecule has 1 fully saturated rings. The van der Waals surface area contributed by atoms with Gasteiger partial charge in [0.2, 0.25) is 15.9 Å². The molecule has 1 aliphatic rings. The zero-order chi connectivity index (χ0) is 21.1. The van der Waals surface area contributed by atoms with E-state index in [1.54, 1.807) is 11.0 Å². The molecule has 8 heteroatoms. The summed E-state index contributed by atoms with van der Waals surface area (Å²) in [7, 11) is -3.65. The van der Waals surface area contributed by atoms with Crippen molar-refractivity contribution >= 4 is 33.0 Å². The molecule has 1 aliphatic heterocycles. The summed E-state index contributed by atoms with van der Waals surface area (Å²) in [5.41, 5.74) is 1.16. The second kappa shape index (κ2) is 8.14. The van der Waals surface area contributed by atoms with Crippen LogP contribution in [0.25, 0.3) is 17.0 Å². The van der Waals surface area contributed by atoms with Crippen LogP contribution in [0, 0.1) is 11.3 Å². The van der Waals surface area contributed by atoms with Gasteiger partial charge < -0.3 is 9.32 Å². The maximum absolute atomic E-state index is 12.8. The summed E-state index contributed by atoms with van der Waals surface area (Å²) in [6.45, 7) is 1.04. The van der Waals surface area contributed by atoms with Gasteiger partial charge in [-0.1, -0.05) is 18.2 Å². The number of furan rings is 1. The van der Waals surface area contributed by atoms with Crippen LogP contribution < -0.4 is 0 Å². The number of rotatable bonds is 4. The number of piperazine rings is 1. The molecular weight excluding hydrogens is 402 g/mol. The van der Waals surface area contributed by atoms with Crippen molar-refractivity contribution in [2.45, 2.75) is 4.90 Å². The Kier molecular flexibility index (Phi) is 5.40. The Morgan fingerprint density at radius 1 is 1.03 bits per heavy atom. The Bertz CT molecular complexity index is 1210. The topological polar surface area (TPSA) is 94.6 Å². The van der Waals surface area contributed by atoms with E-state index in [4.69, 9.17) is 9.68 Å². The molecule has 2 heterocycles. The van der Waals surface area contributed by atoms with Crippen LogP contribution in [0.2, 0.25) is 0 Å². The fraction of sp³-hybridized carbons (Fsp3) is 0.182. The van der Waals surface area contributed by atoms with Crippen molar-refractivity contribution in [1.29, 1.82) is 5.26 Å². The van der Waals surface area contributed by atoms with Crippen LogP contribution in [0.1, 0.15) is 11.3 Å². The number of benzene rings is 2. The van der Waals surface area contributed by atoms with Crippen LogP contribution in [-0.2, 0) is 14.8 Å². The molecule has 0 bridgehead atoms. The molecule has 0 atom stereocenters. The number of fused-ring (bicyclic) bond motifs is 1. The Labute approximate surface area is 174 Å². The highest BCUT2D eigenvalue weighted by molar-refractivity contribution is 7.89. The summed E-state index contributed by atoms with van der Waals surface area (Å²) in [6.07, 6.45) is 3.07. The number of hydrogen-bond acceptors (Lipinski definition) is 5. The molecular formula is C22H19N3O4S. The van der Waals surface area contributed by atoms with Crippen LogP contribution in [0.3, 0.4) is 0 Å². The van der Waals surface area contributed by atoms with E-state index in [9.17, 15) is 13.2 Å². The number of hydrogen-bond donors (Lipinski definition) is 0. The summed E-state index contributed by atoms with van der Waals surface area (Å²) in [5, 5.41) is 9.82. The van der Waals surface area contributed by atoms with Crippen molar-refractivity contribution in [3.8, 4) is 6.07 Å². The van der Waals surface area contributed by atoms with Gasteiger partial charge in [-0.25, -0.2) is 8.42 Å². The van der Waals surface area contributed by atoms with Crippen molar-refractivity contribution in [3.63, 3.8) is 0 Å². The Balaban J connectivity index is 1.38. The van der Waals surface area contributed by atoms with Gasteiger partial charge in [0.05, 0.1) is 16.5 Å². The third kappa shape index (κ3) is 3.99. The Hall–Kier alpha value is -3.41. The molecule has 1 amide bonds. The highest BCUT2D eigenvalue weighted by Gasteiger charge is 2.29. The predicted molar refractivity (Wildman–Crippen MR) is 112 cm³/mol. The fourth-order valence-electron chi connectivity index (χ4n) is 3.34. The van der Waals surface area contributed by atoms with Crippen molar-refractivity contribution in [3.05, 3.63) is 72.0 Å². The van der Waals surface area contributed by atoms with Crippen molar-refractivity contribution in [2.24, 2.45) is 0 Å². The van der Waals surface area contributed by atoms with Gasteiger partial charge in [0.1, 0.15) is 11.3 Å². The summed E-state index contributed by atoms with van der Waals surface area (Å²) >= 11 is 0. The van der Waals surface area contributed by atoms with Gasteiger partial charge in [-0.3, -0.25) is 4.79 Å². The number of nitriles is 1. The van der Waals surface area contributed by atoms with Crippen molar-refractivity contribution in [2.75, 3.05) is 26.2 Å². The average Bonchev–Trinajstić information content (AvgIpc) is 3.20. The van der Waals surface area contributed by atoms with Gasteiger partial charge in [0, 0.05) is 37.6 Å². The molecule has 3 aromatic rings. The Morgan fingerprint density at radius 3 is 2.40 bits per heavy atom. The van der Waals surface area contributed by atoms with E-state index in [1.807, 2.05) is 36.4 Å². The lowest BCUT2D eigenvalue weighted by molar-refractivity contribution is -0.127. The lowest BCUT2D eigenvalue weighted by atomic mass is 10.2. The molecule has 0 radical (unpaired) electrons. The number of para-hydroxylation sites is 1. The molecule has 1 aromatic heterocycles. The van der Waals surface area contributed by atoms with E-state index in [0.29, 0.717) is 24.4 Å². The van der Waals surface area contributed by atoms with Crippen LogP contribution in [0.5, 0.6) is 0 Å². The first-order valence-electron chi connectivity index (χ1n) is 9.43. The van der Waals surface area contributed by atoms with Gasteiger partial charge in [-0.05, 0) is 42.5 Å². The molecule has 30 heavy (non-hydrogen) atoms. The van der Waals surface area contributed by atoms with E-state index in [0.717, 1.165) is 11.0 Å². The number of carbonyl (C=O) groups is 1. The van der Waals surface area contributed by atoms with Gasteiger partial charge in [0.25, 0.3) is 0 Å². The van der Waals surface area contributed by atoms with E-state index in [2.05, 4.69) is 0 Å². The van der Waals surface area contributed by atoms with Gasteiger partial charge in [-0.2, -0.15) is 9.57 Å². The summed E-state index contributed by atoms with van der Waals surface area (Å²) < 4.78 is 32.6. The average molecular weight is 421 g/mol. The molecule has 0 saturated carbocycles. The summed E-state index contributed by atoms with van der Waals surface area (Å²) in [5.74, 6) is 0.400. The van der Waals surface area contributed by atoms with Crippen LogP contribution >= 0.6 is 0 Å². The lowest BCUT2D eigenvalue weighted by Crippen LogP contribution is -2.50. The van der Waals surface area contributed by atoms with Gasteiger partial charge >= 0.3 is 0 Å². The first-order valence-corrected chi connectivity index (χ1v) is 10.9. The SMILES string of the molecule is N#Cc1ccc(S(=O)(=O)N2CCN(C(=O)/C=C/c3cc4ccccc4o3)CC2)cc1. The third-order valence-corrected chi connectivity index (χ3v) is 6.92. The first-order chi connectivity index (χ1) is 14.5. The number of nitrogens with zero attached hydrogens (tertiary/aromatic N) is 3. The quantitative estimate of drug-likeness (QED) is 0.604. The fourth-order valence-corrected chi connectivity index (χ4v) is 4.76. The maximum atomic E-state index is 12.8. The van der Waals surface area contributed by atoms with E-state index < -0.39 is 10.0 Å². The lowest BCUT2D eigenvalue weighted by Gasteiger charge is -2.33. The third-order valence-electron chi connectivity index (χ3n) is 5.01. The highest BCUT2D eigenvalue weighted by Crippen LogP contribution is 2.21. The minimum Gasteiger partial charge on any atom is -0.457 e. The zero-order valence-corrected chi connectivity index (χ0v) is 16.9. The molecule has 1 saturated heterocycles. The zero-order valence-electron chi connectivity index (χ0n) is 16.1.